The van der Waals surface area contributed by atoms with E-state index in [1.165, 1.54) is 12.3 Å². The Morgan fingerprint density at radius 1 is 1.50 bits per heavy atom. The van der Waals surface area contributed by atoms with E-state index in [0.717, 1.165) is 6.20 Å². The maximum atomic E-state index is 13.0. The van der Waals surface area contributed by atoms with Gasteiger partial charge in [0.15, 0.2) is 0 Å². The first-order valence-corrected chi connectivity index (χ1v) is 3.90. The summed E-state index contributed by atoms with van der Waals surface area (Å²) in [4.78, 5) is 3.60. The number of rotatable bonds is 2. The first-order valence-electron chi connectivity index (χ1n) is 3.90. The number of nitrogens with zero attached hydrogens (tertiary/aromatic N) is 1. The van der Waals surface area contributed by atoms with Crippen molar-refractivity contribution < 1.29 is 9.50 Å². The third kappa shape index (κ3) is 1.80. The van der Waals surface area contributed by atoms with Crippen LogP contribution < -0.4 is 0 Å². The van der Waals surface area contributed by atoms with Crippen molar-refractivity contribution in [1.29, 1.82) is 0 Å². The zero-order chi connectivity index (χ0) is 9.14. The summed E-state index contributed by atoms with van der Waals surface area (Å²) in [6.45, 7) is 3.68. The molecule has 0 radical (unpaired) electrons. The molecule has 1 aromatic heterocycles. The van der Waals surface area contributed by atoms with Gasteiger partial charge in [0, 0.05) is 11.8 Å². The van der Waals surface area contributed by atoms with Gasteiger partial charge in [0.1, 0.15) is 5.82 Å². The molecule has 66 valence electrons. The van der Waals surface area contributed by atoms with Crippen molar-refractivity contribution in [3.63, 3.8) is 0 Å². The highest BCUT2D eigenvalue weighted by molar-refractivity contribution is 5.15. The molecule has 0 aliphatic rings. The van der Waals surface area contributed by atoms with Crippen molar-refractivity contribution in [3.8, 4) is 0 Å². The molecular weight excluding hydrogens is 157 g/mol. The molecule has 0 bridgehead atoms. The van der Waals surface area contributed by atoms with Gasteiger partial charge in [0.2, 0.25) is 0 Å². The molecule has 1 heterocycles. The average molecular weight is 169 g/mol. The number of hydrogen-bond acceptors (Lipinski definition) is 2. The minimum atomic E-state index is -0.743. The minimum absolute atomic E-state index is 0.0156. The number of aliphatic hydroxyl groups excluding tert-OH is 1. The highest BCUT2D eigenvalue weighted by Gasteiger charge is 2.15. The SMILES string of the molecule is CC(C)C(O)c1ccncc1F. The van der Waals surface area contributed by atoms with Crippen molar-refractivity contribution >= 4 is 0 Å². The van der Waals surface area contributed by atoms with Crippen LogP contribution in [0.1, 0.15) is 25.5 Å². The van der Waals surface area contributed by atoms with Gasteiger partial charge in [-0.05, 0) is 12.0 Å². The summed E-state index contributed by atoms with van der Waals surface area (Å²) in [6, 6.07) is 1.50. The van der Waals surface area contributed by atoms with Crippen molar-refractivity contribution in [3.05, 3.63) is 29.8 Å². The second kappa shape index (κ2) is 3.63. The Bertz CT molecular complexity index is 262. The molecule has 12 heavy (non-hydrogen) atoms. The quantitative estimate of drug-likeness (QED) is 0.733. The second-order valence-corrected chi connectivity index (χ2v) is 3.09. The molecule has 0 aliphatic heterocycles. The summed E-state index contributed by atoms with van der Waals surface area (Å²) in [5, 5.41) is 9.51. The van der Waals surface area contributed by atoms with Crippen LogP contribution >= 0.6 is 0 Å². The van der Waals surface area contributed by atoms with E-state index in [9.17, 15) is 9.50 Å². The van der Waals surface area contributed by atoms with Crippen LogP contribution in [0.3, 0.4) is 0 Å². The highest BCUT2D eigenvalue weighted by Crippen LogP contribution is 2.22. The molecule has 0 saturated carbocycles. The Balaban J connectivity index is 2.94. The van der Waals surface area contributed by atoms with E-state index < -0.39 is 11.9 Å². The van der Waals surface area contributed by atoms with Gasteiger partial charge >= 0.3 is 0 Å². The summed E-state index contributed by atoms with van der Waals surface area (Å²) in [7, 11) is 0. The van der Waals surface area contributed by atoms with Crippen LogP contribution in [0.25, 0.3) is 0 Å². The van der Waals surface area contributed by atoms with Crippen molar-refractivity contribution in [1.82, 2.24) is 4.98 Å². The van der Waals surface area contributed by atoms with Crippen LogP contribution in [-0.2, 0) is 0 Å². The fourth-order valence-corrected chi connectivity index (χ4v) is 0.985. The van der Waals surface area contributed by atoms with Gasteiger partial charge in [-0.3, -0.25) is 4.98 Å². The van der Waals surface area contributed by atoms with Gasteiger partial charge in [0.25, 0.3) is 0 Å². The standard InChI is InChI=1S/C9H12FNO/c1-6(2)9(12)7-3-4-11-5-8(7)10/h3-6,9,12H,1-2H3. The molecule has 0 saturated heterocycles. The van der Waals surface area contributed by atoms with E-state index in [1.54, 1.807) is 0 Å². The summed E-state index contributed by atoms with van der Waals surface area (Å²) < 4.78 is 13.0. The molecule has 1 atom stereocenters. The Kier molecular flexibility index (Phi) is 2.76. The predicted octanol–water partition coefficient (Wildman–Crippen LogP) is 1.91. The lowest BCUT2D eigenvalue weighted by Crippen LogP contribution is -2.07. The van der Waals surface area contributed by atoms with E-state index in [2.05, 4.69) is 4.98 Å². The topological polar surface area (TPSA) is 33.1 Å². The third-order valence-corrected chi connectivity index (χ3v) is 1.75. The van der Waals surface area contributed by atoms with Crippen LogP contribution in [0.2, 0.25) is 0 Å². The molecule has 1 aromatic rings. The maximum absolute atomic E-state index is 13.0. The van der Waals surface area contributed by atoms with Gasteiger partial charge in [0.05, 0.1) is 12.3 Å². The Morgan fingerprint density at radius 2 is 2.17 bits per heavy atom. The normalized spacial score (nSPS) is 13.4. The Labute approximate surface area is 71.1 Å². The third-order valence-electron chi connectivity index (χ3n) is 1.75. The fraction of sp³-hybridized carbons (Fsp3) is 0.444. The van der Waals surface area contributed by atoms with Gasteiger partial charge in [-0.15, -0.1) is 0 Å². The molecular formula is C9H12FNO. The minimum Gasteiger partial charge on any atom is -0.388 e. The summed E-state index contributed by atoms with van der Waals surface area (Å²) >= 11 is 0. The monoisotopic (exact) mass is 169 g/mol. The van der Waals surface area contributed by atoms with Crippen molar-refractivity contribution in [2.45, 2.75) is 20.0 Å². The maximum Gasteiger partial charge on any atom is 0.147 e. The molecule has 1 rings (SSSR count). The van der Waals surface area contributed by atoms with Crippen LogP contribution in [0, 0.1) is 11.7 Å². The zero-order valence-corrected chi connectivity index (χ0v) is 7.16. The van der Waals surface area contributed by atoms with Gasteiger partial charge in [-0.25, -0.2) is 4.39 Å². The average Bonchev–Trinajstić information content (AvgIpc) is 2.04. The van der Waals surface area contributed by atoms with Crippen molar-refractivity contribution in [2.24, 2.45) is 5.92 Å². The zero-order valence-electron chi connectivity index (χ0n) is 7.16. The lowest BCUT2D eigenvalue weighted by Gasteiger charge is -2.14. The number of aromatic nitrogens is 1. The van der Waals surface area contributed by atoms with Gasteiger partial charge < -0.3 is 5.11 Å². The Hall–Kier alpha value is -0.960. The van der Waals surface area contributed by atoms with Crippen LogP contribution in [-0.4, -0.2) is 10.1 Å². The van der Waals surface area contributed by atoms with Crippen molar-refractivity contribution in [2.75, 3.05) is 0 Å². The smallest absolute Gasteiger partial charge is 0.147 e. The molecule has 0 fully saturated rings. The molecule has 0 aromatic carbocycles. The predicted molar refractivity (Wildman–Crippen MR) is 44.0 cm³/mol. The lowest BCUT2D eigenvalue weighted by molar-refractivity contribution is 0.122. The molecule has 3 heteroatoms. The molecule has 2 nitrogen and oxygen atoms in total. The van der Waals surface area contributed by atoms with E-state index in [-0.39, 0.29) is 5.92 Å². The van der Waals surface area contributed by atoms with E-state index in [1.807, 2.05) is 13.8 Å². The number of pyridine rings is 1. The molecule has 0 aliphatic carbocycles. The van der Waals surface area contributed by atoms with Crippen LogP contribution in [0.15, 0.2) is 18.5 Å². The number of aliphatic hydroxyl groups is 1. The summed E-state index contributed by atoms with van der Waals surface area (Å²) in [5.74, 6) is -0.430. The number of hydrogen-bond donors (Lipinski definition) is 1. The van der Waals surface area contributed by atoms with Crippen LogP contribution in [0.5, 0.6) is 0 Å². The summed E-state index contributed by atoms with van der Waals surface area (Å²) in [6.07, 6.45) is 1.85. The molecule has 0 spiro atoms. The van der Waals surface area contributed by atoms with E-state index in [4.69, 9.17) is 0 Å². The van der Waals surface area contributed by atoms with Gasteiger partial charge in [-0.2, -0.15) is 0 Å². The first kappa shape index (κ1) is 9.13. The highest BCUT2D eigenvalue weighted by atomic mass is 19.1. The number of halogens is 1. The fourth-order valence-electron chi connectivity index (χ4n) is 0.985. The first-order chi connectivity index (χ1) is 5.63. The van der Waals surface area contributed by atoms with Crippen LogP contribution in [0.4, 0.5) is 4.39 Å². The van der Waals surface area contributed by atoms with Gasteiger partial charge in [-0.1, -0.05) is 13.8 Å². The molecule has 1 unspecified atom stereocenters. The largest absolute Gasteiger partial charge is 0.388 e. The Morgan fingerprint density at radius 3 is 2.67 bits per heavy atom. The molecule has 1 N–H and O–H groups in total. The molecule has 0 amide bonds. The van der Waals surface area contributed by atoms with E-state index in [0.29, 0.717) is 5.56 Å². The lowest BCUT2D eigenvalue weighted by atomic mass is 10.00. The van der Waals surface area contributed by atoms with E-state index >= 15 is 0 Å². The summed E-state index contributed by atoms with van der Waals surface area (Å²) in [5.41, 5.74) is 0.319. The second-order valence-electron chi connectivity index (χ2n) is 3.09.